The molecule has 0 saturated carbocycles. The highest BCUT2D eigenvalue weighted by atomic mass is 15.1. The SMILES string of the molecule is Cc1ccc(-c2ccc(N(c3ccccc3)c3ccc4c(ccc5cc(N(c6ccccc6)c6cccc7ccccc67)ccc54)c3)cc2)cc1. The van der Waals surface area contributed by atoms with Crippen LogP contribution in [0.25, 0.3) is 43.4 Å². The molecule has 2 heteroatoms. The maximum Gasteiger partial charge on any atom is 0.0540 e. The second-order valence-corrected chi connectivity index (χ2v) is 13.1. The van der Waals surface area contributed by atoms with Crippen LogP contribution in [0.4, 0.5) is 34.1 Å². The van der Waals surface area contributed by atoms with Crippen LogP contribution in [-0.4, -0.2) is 0 Å². The Hall–Kier alpha value is -6.64. The van der Waals surface area contributed by atoms with Crippen LogP contribution in [0.5, 0.6) is 0 Å². The molecule has 9 aromatic rings. The highest BCUT2D eigenvalue weighted by Gasteiger charge is 2.17. The first-order valence-corrected chi connectivity index (χ1v) is 17.5. The Bertz CT molecular complexity index is 2620. The molecule has 0 amide bonds. The zero-order valence-corrected chi connectivity index (χ0v) is 28.4. The van der Waals surface area contributed by atoms with Crippen LogP contribution >= 0.6 is 0 Å². The fourth-order valence-electron chi connectivity index (χ4n) is 7.31. The molecule has 0 spiro atoms. The van der Waals surface area contributed by atoms with Crippen LogP contribution in [0.15, 0.2) is 200 Å². The van der Waals surface area contributed by atoms with Gasteiger partial charge in [-0.25, -0.2) is 0 Å². The summed E-state index contributed by atoms with van der Waals surface area (Å²) in [6.07, 6.45) is 0. The highest BCUT2D eigenvalue weighted by Crippen LogP contribution is 2.42. The number of para-hydroxylation sites is 2. The van der Waals surface area contributed by atoms with Crippen molar-refractivity contribution in [2.75, 3.05) is 9.80 Å². The molecule has 0 aliphatic heterocycles. The zero-order chi connectivity index (χ0) is 34.1. The molecule has 0 aliphatic carbocycles. The van der Waals surface area contributed by atoms with Gasteiger partial charge in [0.25, 0.3) is 0 Å². The summed E-state index contributed by atoms with van der Waals surface area (Å²) in [5.74, 6) is 0. The molecule has 0 heterocycles. The number of aryl methyl sites for hydroxylation is 1. The highest BCUT2D eigenvalue weighted by molar-refractivity contribution is 6.10. The molecule has 9 rings (SSSR count). The van der Waals surface area contributed by atoms with E-state index < -0.39 is 0 Å². The molecule has 0 atom stereocenters. The molecule has 0 bridgehead atoms. The van der Waals surface area contributed by atoms with Crippen molar-refractivity contribution in [3.05, 3.63) is 206 Å². The summed E-state index contributed by atoms with van der Waals surface area (Å²) in [4.78, 5) is 4.71. The van der Waals surface area contributed by atoms with E-state index in [1.54, 1.807) is 0 Å². The van der Waals surface area contributed by atoms with Gasteiger partial charge in [0.2, 0.25) is 0 Å². The van der Waals surface area contributed by atoms with E-state index in [0.29, 0.717) is 0 Å². The minimum atomic E-state index is 1.12. The quantitative estimate of drug-likeness (QED) is 0.158. The van der Waals surface area contributed by atoms with Crippen molar-refractivity contribution in [1.82, 2.24) is 0 Å². The number of hydrogen-bond donors (Lipinski definition) is 0. The second kappa shape index (κ2) is 13.0. The van der Waals surface area contributed by atoms with Crippen molar-refractivity contribution in [3.63, 3.8) is 0 Å². The van der Waals surface area contributed by atoms with Crippen LogP contribution in [0.2, 0.25) is 0 Å². The Morgan fingerprint density at radius 1 is 0.294 bits per heavy atom. The van der Waals surface area contributed by atoms with Gasteiger partial charge < -0.3 is 9.80 Å². The summed E-state index contributed by atoms with van der Waals surface area (Å²) in [7, 11) is 0. The van der Waals surface area contributed by atoms with Crippen molar-refractivity contribution in [1.29, 1.82) is 0 Å². The largest absolute Gasteiger partial charge is 0.310 e. The van der Waals surface area contributed by atoms with Crippen LogP contribution in [0, 0.1) is 6.92 Å². The van der Waals surface area contributed by atoms with E-state index in [2.05, 4.69) is 217 Å². The Kier molecular flexibility index (Phi) is 7.75. The van der Waals surface area contributed by atoms with Crippen LogP contribution in [-0.2, 0) is 0 Å². The molecule has 0 aliphatic rings. The molecule has 0 N–H and O–H groups in total. The van der Waals surface area contributed by atoms with Gasteiger partial charge in [-0.2, -0.15) is 0 Å². The monoisotopic (exact) mass is 652 g/mol. The first-order valence-electron chi connectivity index (χ1n) is 17.5. The predicted molar refractivity (Wildman–Crippen MR) is 218 cm³/mol. The summed E-state index contributed by atoms with van der Waals surface area (Å²) in [6.45, 7) is 2.13. The van der Waals surface area contributed by atoms with Crippen molar-refractivity contribution >= 4 is 66.4 Å². The van der Waals surface area contributed by atoms with Crippen molar-refractivity contribution < 1.29 is 0 Å². The molecule has 0 fully saturated rings. The first-order chi connectivity index (χ1) is 25.2. The van der Waals surface area contributed by atoms with E-state index in [-0.39, 0.29) is 0 Å². The zero-order valence-electron chi connectivity index (χ0n) is 28.4. The Morgan fingerprint density at radius 3 is 1.39 bits per heavy atom. The standard InChI is InChI=1S/C49H36N2/c1-35-19-21-36(22-20-35)37-25-27-43(28-26-37)50(41-13-4-2-5-14-41)44-29-31-46-39(33-44)23-24-40-34-45(30-32-47(40)46)51(42-15-6-3-7-16-42)49-18-10-12-38-11-8-9-17-48(38)49/h2-34H,1H3. The average molecular weight is 653 g/mol. The molecule has 0 unspecified atom stereocenters. The molecule has 0 aromatic heterocycles. The number of fused-ring (bicyclic) bond motifs is 4. The molecular formula is C49H36N2. The topological polar surface area (TPSA) is 6.48 Å². The lowest BCUT2D eigenvalue weighted by molar-refractivity contribution is 1.29. The third-order valence-electron chi connectivity index (χ3n) is 9.87. The normalized spacial score (nSPS) is 11.2. The summed E-state index contributed by atoms with van der Waals surface area (Å²) in [5.41, 5.74) is 10.5. The van der Waals surface area contributed by atoms with E-state index in [0.717, 1.165) is 34.1 Å². The summed E-state index contributed by atoms with van der Waals surface area (Å²) in [5, 5.41) is 7.34. The van der Waals surface area contributed by atoms with Gasteiger partial charge in [-0.15, -0.1) is 0 Å². The third kappa shape index (κ3) is 5.77. The summed E-state index contributed by atoms with van der Waals surface area (Å²) < 4.78 is 0. The molecule has 0 saturated heterocycles. The lowest BCUT2D eigenvalue weighted by atomic mass is 9.99. The van der Waals surface area contributed by atoms with Gasteiger partial charge in [0.05, 0.1) is 5.69 Å². The minimum Gasteiger partial charge on any atom is -0.310 e. The predicted octanol–water partition coefficient (Wildman–Crippen LogP) is 14.1. The van der Waals surface area contributed by atoms with Gasteiger partial charge in [0.15, 0.2) is 0 Å². The van der Waals surface area contributed by atoms with Crippen molar-refractivity contribution in [2.45, 2.75) is 6.92 Å². The van der Waals surface area contributed by atoms with Crippen molar-refractivity contribution in [3.8, 4) is 11.1 Å². The number of anilines is 6. The minimum absolute atomic E-state index is 1.12. The number of hydrogen-bond acceptors (Lipinski definition) is 2. The Morgan fingerprint density at radius 2 is 0.765 bits per heavy atom. The molecule has 0 radical (unpaired) electrons. The third-order valence-corrected chi connectivity index (χ3v) is 9.87. The number of nitrogens with zero attached hydrogens (tertiary/aromatic N) is 2. The lowest BCUT2D eigenvalue weighted by Gasteiger charge is -2.27. The number of rotatable bonds is 7. The van der Waals surface area contributed by atoms with Gasteiger partial charge in [0.1, 0.15) is 0 Å². The van der Waals surface area contributed by atoms with Gasteiger partial charge in [-0.3, -0.25) is 0 Å². The number of benzene rings is 9. The first kappa shape index (κ1) is 30.4. The fraction of sp³-hybridized carbons (Fsp3) is 0.0204. The van der Waals surface area contributed by atoms with Gasteiger partial charge in [-0.05, 0) is 112 Å². The van der Waals surface area contributed by atoms with E-state index in [4.69, 9.17) is 0 Å². The molecule has 51 heavy (non-hydrogen) atoms. The van der Waals surface area contributed by atoms with Gasteiger partial charge in [0, 0.05) is 33.8 Å². The van der Waals surface area contributed by atoms with E-state index in [1.165, 1.54) is 49.0 Å². The molecule has 2 nitrogen and oxygen atoms in total. The molecular weight excluding hydrogens is 617 g/mol. The maximum atomic E-state index is 2.37. The van der Waals surface area contributed by atoms with Crippen LogP contribution in [0.1, 0.15) is 5.56 Å². The Labute approximate surface area is 299 Å². The van der Waals surface area contributed by atoms with E-state index in [1.807, 2.05) is 0 Å². The van der Waals surface area contributed by atoms with E-state index >= 15 is 0 Å². The maximum absolute atomic E-state index is 2.37. The molecule has 242 valence electrons. The average Bonchev–Trinajstić information content (AvgIpc) is 3.19. The smallest absolute Gasteiger partial charge is 0.0540 e. The van der Waals surface area contributed by atoms with E-state index in [9.17, 15) is 0 Å². The van der Waals surface area contributed by atoms with Gasteiger partial charge >= 0.3 is 0 Å². The Balaban J connectivity index is 1.12. The van der Waals surface area contributed by atoms with Crippen LogP contribution < -0.4 is 9.80 Å². The lowest BCUT2D eigenvalue weighted by Crippen LogP contribution is -2.10. The molecule has 9 aromatic carbocycles. The fourth-order valence-corrected chi connectivity index (χ4v) is 7.31. The van der Waals surface area contributed by atoms with Crippen LogP contribution in [0.3, 0.4) is 0 Å². The van der Waals surface area contributed by atoms with Crippen molar-refractivity contribution in [2.24, 2.45) is 0 Å². The summed E-state index contributed by atoms with van der Waals surface area (Å²) >= 11 is 0. The second-order valence-electron chi connectivity index (χ2n) is 13.1. The summed E-state index contributed by atoms with van der Waals surface area (Å²) in [6, 6.07) is 72.3. The van der Waals surface area contributed by atoms with Gasteiger partial charge in [-0.1, -0.05) is 139 Å².